The standard InChI is InChI=1S/C21H21F3N4O.C2H2/c1-12-26-16-9-17(29)28(20(2)7-8-20)11-14(16)19(27-12)25-10-13-5-4-6-15(18(13)22)21(3,23)24;1-2/h4-6,9,11H,7-8,10H2,1-3H3,(H,25,26,27);1-2H. The van der Waals surface area contributed by atoms with Gasteiger partial charge in [-0.2, -0.15) is 0 Å². The van der Waals surface area contributed by atoms with E-state index in [9.17, 15) is 18.0 Å². The first-order valence-corrected chi connectivity index (χ1v) is 9.73. The van der Waals surface area contributed by atoms with Crippen molar-refractivity contribution >= 4 is 16.7 Å². The fraction of sp³-hybridized carbons (Fsp3) is 0.348. The molecule has 1 saturated carbocycles. The van der Waals surface area contributed by atoms with E-state index in [0.717, 1.165) is 18.9 Å². The number of rotatable bonds is 5. The second kappa shape index (κ2) is 8.06. The Morgan fingerprint density at radius 1 is 1.26 bits per heavy atom. The average Bonchev–Trinajstić information content (AvgIpc) is 3.45. The number of pyridine rings is 1. The lowest BCUT2D eigenvalue weighted by molar-refractivity contribution is 0.0136. The number of aryl methyl sites for hydroxylation is 1. The highest BCUT2D eigenvalue weighted by Crippen LogP contribution is 2.42. The largest absolute Gasteiger partial charge is 0.365 e. The van der Waals surface area contributed by atoms with Crippen LogP contribution in [0.5, 0.6) is 0 Å². The van der Waals surface area contributed by atoms with Crippen molar-refractivity contribution in [1.29, 1.82) is 0 Å². The maximum atomic E-state index is 14.5. The maximum Gasteiger partial charge on any atom is 0.273 e. The predicted molar refractivity (Wildman–Crippen MR) is 115 cm³/mol. The van der Waals surface area contributed by atoms with Crippen LogP contribution >= 0.6 is 0 Å². The van der Waals surface area contributed by atoms with E-state index in [1.165, 1.54) is 18.2 Å². The molecule has 5 nitrogen and oxygen atoms in total. The van der Waals surface area contributed by atoms with E-state index >= 15 is 0 Å². The number of hydrogen-bond donors (Lipinski definition) is 1. The lowest BCUT2D eigenvalue weighted by atomic mass is 10.0. The van der Waals surface area contributed by atoms with E-state index in [0.29, 0.717) is 29.5 Å². The van der Waals surface area contributed by atoms with E-state index in [1.54, 1.807) is 17.7 Å². The van der Waals surface area contributed by atoms with Crippen LogP contribution in [0.4, 0.5) is 19.0 Å². The van der Waals surface area contributed by atoms with Crippen LogP contribution in [0.25, 0.3) is 10.9 Å². The molecule has 2 heterocycles. The molecule has 0 atom stereocenters. The van der Waals surface area contributed by atoms with Crippen molar-refractivity contribution in [1.82, 2.24) is 14.5 Å². The molecule has 3 aromatic rings. The van der Waals surface area contributed by atoms with Crippen LogP contribution in [0.1, 0.15) is 43.6 Å². The summed E-state index contributed by atoms with van der Waals surface area (Å²) in [7, 11) is 0. The fourth-order valence-electron chi connectivity index (χ4n) is 3.43. The molecule has 0 bridgehead atoms. The quantitative estimate of drug-likeness (QED) is 0.598. The molecule has 0 aliphatic heterocycles. The summed E-state index contributed by atoms with van der Waals surface area (Å²) in [5.41, 5.74) is -0.391. The van der Waals surface area contributed by atoms with Gasteiger partial charge in [-0.05, 0) is 26.7 Å². The highest BCUT2D eigenvalue weighted by atomic mass is 19.3. The molecule has 4 rings (SSSR count). The molecule has 0 radical (unpaired) electrons. The molecule has 162 valence electrons. The van der Waals surface area contributed by atoms with Crippen molar-refractivity contribution in [3.63, 3.8) is 0 Å². The molecule has 1 aliphatic carbocycles. The minimum atomic E-state index is -3.27. The Kier molecular flexibility index (Phi) is 5.81. The third-order valence-corrected chi connectivity index (χ3v) is 5.40. The lowest BCUT2D eigenvalue weighted by Gasteiger charge is -2.17. The van der Waals surface area contributed by atoms with Gasteiger partial charge in [-0.25, -0.2) is 23.1 Å². The number of alkyl halides is 2. The monoisotopic (exact) mass is 428 g/mol. The zero-order valence-corrected chi connectivity index (χ0v) is 17.5. The minimum Gasteiger partial charge on any atom is -0.365 e. The number of nitrogens with one attached hydrogen (secondary N) is 1. The summed E-state index contributed by atoms with van der Waals surface area (Å²) < 4.78 is 43.4. The van der Waals surface area contributed by atoms with Gasteiger partial charge >= 0.3 is 0 Å². The summed E-state index contributed by atoms with van der Waals surface area (Å²) >= 11 is 0. The molecule has 1 aliphatic rings. The Morgan fingerprint density at radius 3 is 2.55 bits per heavy atom. The smallest absolute Gasteiger partial charge is 0.273 e. The number of benzene rings is 1. The highest BCUT2D eigenvalue weighted by Gasteiger charge is 2.40. The summed E-state index contributed by atoms with van der Waals surface area (Å²) in [5.74, 6) is -3.33. The van der Waals surface area contributed by atoms with Crippen LogP contribution in [0.3, 0.4) is 0 Å². The summed E-state index contributed by atoms with van der Waals surface area (Å²) in [5, 5.41) is 3.66. The highest BCUT2D eigenvalue weighted by molar-refractivity contribution is 5.88. The van der Waals surface area contributed by atoms with Crippen molar-refractivity contribution in [2.45, 2.75) is 51.6 Å². The Balaban J connectivity index is 0.00000132. The van der Waals surface area contributed by atoms with E-state index < -0.39 is 17.3 Å². The first kappa shape index (κ1) is 22.3. The molecule has 0 saturated heterocycles. The summed E-state index contributed by atoms with van der Waals surface area (Å²) in [4.78, 5) is 21.2. The van der Waals surface area contributed by atoms with Crippen molar-refractivity contribution < 1.29 is 13.2 Å². The number of halogens is 3. The number of fused-ring (bicyclic) bond motifs is 1. The number of hydrogen-bond acceptors (Lipinski definition) is 4. The molecule has 31 heavy (non-hydrogen) atoms. The Hall–Kier alpha value is -3.34. The van der Waals surface area contributed by atoms with Crippen LogP contribution in [-0.4, -0.2) is 14.5 Å². The van der Waals surface area contributed by atoms with Crippen LogP contribution in [-0.2, 0) is 18.0 Å². The van der Waals surface area contributed by atoms with Crippen LogP contribution in [0.2, 0.25) is 0 Å². The van der Waals surface area contributed by atoms with Crippen molar-refractivity contribution in [2.24, 2.45) is 0 Å². The van der Waals surface area contributed by atoms with Gasteiger partial charge in [0, 0.05) is 36.8 Å². The molecular formula is C23H23F3N4O. The Morgan fingerprint density at radius 2 is 1.94 bits per heavy atom. The van der Waals surface area contributed by atoms with E-state index in [1.807, 2.05) is 6.92 Å². The third kappa shape index (κ3) is 4.41. The molecule has 0 amide bonds. The molecule has 1 aromatic carbocycles. The fourth-order valence-corrected chi connectivity index (χ4v) is 3.43. The van der Waals surface area contributed by atoms with Gasteiger partial charge in [-0.1, -0.05) is 18.2 Å². The second-order valence-electron chi connectivity index (χ2n) is 7.92. The first-order chi connectivity index (χ1) is 14.6. The normalized spacial score (nSPS) is 14.6. The summed E-state index contributed by atoms with van der Waals surface area (Å²) in [6.45, 7) is 4.34. The molecule has 8 heteroatoms. The summed E-state index contributed by atoms with van der Waals surface area (Å²) in [6, 6.07) is 5.41. The van der Waals surface area contributed by atoms with Gasteiger partial charge in [0.25, 0.3) is 11.5 Å². The molecule has 2 aromatic heterocycles. The maximum absolute atomic E-state index is 14.5. The van der Waals surface area contributed by atoms with Gasteiger partial charge in [0.2, 0.25) is 0 Å². The second-order valence-corrected chi connectivity index (χ2v) is 7.92. The molecule has 1 fully saturated rings. The van der Waals surface area contributed by atoms with Gasteiger partial charge in [0.1, 0.15) is 17.5 Å². The van der Waals surface area contributed by atoms with Gasteiger partial charge in [0.15, 0.2) is 0 Å². The molecule has 0 unspecified atom stereocenters. The number of aromatic nitrogens is 3. The minimum absolute atomic E-state index is 0.0301. The van der Waals surface area contributed by atoms with Crippen LogP contribution < -0.4 is 10.9 Å². The lowest BCUT2D eigenvalue weighted by Crippen LogP contribution is -2.27. The predicted octanol–water partition coefficient (Wildman–Crippen LogP) is 4.72. The van der Waals surface area contributed by atoms with Crippen molar-refractivity contribution in [2.75, 3.05) is 5.32 Å². The summed E-state index contributed by atoms with van der Waals surface area (Å²) in [6.07, 6.45) is 11.5. The van der Waals surface area contributed by atoms with Crippen molar-refractivity contribution in [3.8, 4) is 12.8 Å². The topological polar surface area (TPSA) is 59.8 Å². The average molecular weight is 428 g/mol. The van der Waals surface area contributed by atoms with Crippen molar-refractivity contribution in [3.05, 3.63) is 63.6 Å². The van der Waals surface area contributed by atoms with Gasteiger partial charge in [-0.15, -0.1) is 12.8 Å². The zero-order valence-electron chi connectivity index (χ0n) is 17.5. The Bertz CT molecular complexity index is 1210. The number of anilines is 1. The van der Waals surface area contributed by atoms with Gasteiger partial charge in [0.05, 0.1) is 16.5 Å². The molecular weight excluding hydrogens is 405 g/mol. The first-order valence-electron chi connectivity index (χ1n) is 9.73. The molecule has 1 N–H and O–H groups in total. The molecule has 0 spiro atoms. The van der Waals surface area contributed by atoms with Crippen LogP contribution in [0, 0.1) is 25.6 Å². The third-order valence-electron chi connectivity index (χ3n) is 5.40. The SMILES string of the molecule is C#C.Cc1nc(NCc2cccc(C(C)(F)F)c2F)c2cn(C3(C)CC3)c(=O)cc2n1. The van der Waals surface area contributed by atoms with Gasteiger partial charge in [-0.3, -0.25) is 4.79 Å². The van der Waals surface area contributed by atoms with E-state index in [-0.39, 0.29) is 23.2 Å². The van der Waals surface area contributed by atoms with Gasteiger partial charge < -0.3 is 9.88 Å². The number of nitrogens with zero attached hydrogens (tertiary/aromatic N) is 3. The number of terminal acetylenes is 1. The zero-order chi connectivity index (χ0) is 23.0. The Labute approximate surface area is 178 Å². The van der Waals surface area contributed by atoms with Crippen LogP contribution in [0.15, 0.2) is 35.3 Å². The van der Waals surface area contributed by atoms with E-state index in [4.69, 9.17) is 0 Å². The van der Waals surface area contributed by atoms with E-state index in [2.05, 4.69) is 28.1 Å².